The smallest absolute Gasteiger partial charge is 0.128 e. The normalized spacial score (nSPS) is 12.4. The van der Waals surface area contributed by atoms with Gasteiger partial charge in [-0.1, -0.05) is 36.4 Å². The third-order valence-corrected chi connectivity index (χ3v) is 3.42. The van der Waals surface area contributed by atoms with Crippen molar-refractivity contribution in [3.8, 4) is 0 Å². The maximum atomic E-state index is 13.9. The number of rotatable bonds is 5. The Hall–Kier alpha value is -1.71. The van der Waals surface area contributed by atoms with Crippen molar-refractivity contribution in [3.63, 3.8) is 0 Å². The SMILES string of the molecule is COCCc1ccc(C(N)c2ccc(C)cc2F)cc1. The lowest BCUT2D eigenvalue weighted by atomic mass is 9.97. The van der Waals surface area contributed by atoms with Crippen LogP contribution in [0.1, 0.15) is 28.3 Å². The lowest BCUT2D eigenvalue weighted by molar-refractivity contribution is 0.202. The molecule has 0 aromatic heterocycles. The average Bonchev–Trinajstić information content (AvgIpc) is 2.45. The maximum absolute atomic E-state index is 13.9. The predicted octanol–water partition coefficient (Wildman–Crippen LogP) is 3.37. The summed E-state index contributed by atoms with van der Waals surface area (Å²) >= 11 is 0. The molecule has 0 aliphatic rings. The Balaban J connectivity index is 2.18. The lowest BCUT2D eigenvalue weighted by Gasteiger charge is -2.14. The summed E-state index contributed by atoms with van der Waals surface area (Å²) in [5.41, 5.74) is 9.68. The van der Waals surface area contributed by atoms with E-state index in [0.717, 1.165) is 17.5 Å². The van der Waals surface area contributed by atoms with E-state index in [1.165, 1.54) is 11.6 Å². The van der Waals surface area contributed by atoms with Gasteiger partial charge >= 0.3 is 0 Å². The molecule has 106 valence electrons. The van der Waals surface area contributed by atoms with Crippen molar-refractivity contribution in [2.45, 2.75) is 19.4 Å². The molecule has 1 atom stereocenters. The molecule has 2 aromatic rings. The van der Waals surface area contributed by atoms with Gasteiger partial charge in [0.15, 0.2) is 0 Å². The molecule has 2 N–H and O–H groups in total. The fraction of sp³-hybridized carbons (Fsp3) is 0.294. The van der Waals surface area contributed by atoms with E-state index in [9.17, 15) is 4.39 Å². The van der Waals surface area contributed by atoms with Crippen LogP contribution >= 0.6 is 0 Å². The molecule has 2 aromatic carbocycles. The molecule has 0 radical (unpaired) electrons. The summed E-state index contributed by atoms with van der Waals surface area (Å²) in [6.45, 7) is 2.56. The van der Waals surface area contributed by atoms with E-state index in [1.54, 1.807) is 13.2 Å². The standard InChI is InChI=1S/C17H20FNO/c1-12-3-8-15(16(18)11-12)17(19)14-6-4-13(5-7-14)9-10-20-2/h3-8,11,17H,9-10,19H2,1-2H3. The molecule has 0 bridgehead atoms. The van der Waals surface area contributed by atoms with Crippen LogP contribution in [0.2, 0.25) is 0 Å². The number of methoxy groups -OCH3 is 1. The molecule has 0 saturated carbocycles. The minimum absolute atomic E-state index is 0.249. The van der Waals surface area contributed by atoms with Crippen molar-refractivity contribution in [3.05, 3.63) is 70.5 Å². The first-order valence-electron chi connectivity index (χ1n) is 6.71. The number of ether oxygens (including phenoxy) is 1. The van der Waals surface area contributed by atoms with E-state index >= 15 is 0 Å². The Morgan fingerprint density at radius 3 is 2.45 bits per heavy atom. The summed E-state index contributed by atoms with van der Waals surface area (Å²) in [7, 11) is 1.68. The molecule has 0 spiro atoms. The van der Waals surface area contributed by atoms with E-state index in [2.05, 4.69) is 0 Å². The third-order valence-electron chi connectivity index (χ3n) is 3.42. The number of aryl methyl sites for hydroxylation is 1. The van der Waals surface area contributed by atoms with Gasteiger partial charge in [-0.15, -0.1) is 0 Å². The minimum Gasteiger partial charge on any atom is -0.384 e. The second-order valence-electron chi connectivity index (χ2n) is 4.99. The molecule has 2 rings (SSSR count). The van der Waals surface area contributed by atoms with Crippen molar-refractivity contribution in [1.82, 2.24) is 0 Å². The Bertz CT molecular complexity index is 566. The zero-order valence-corrected chi connectivity index (χ0v) is 11.9. The van der Waals surface area contributed by atoms with Crippen molar-refractivity contribution in [1.29, 1.82) is 0 Å². The van der Waals surface area contributed by atoms with Crippen LogP contribution in [0.3, 0.4) is 0 Å². The number of nitrogens with two attached hydrogens (primary N) is 1. The van der Waals surface area contributed by atoms with Gasteiger partial charge in [-0.25, -0.2) is 4.39 Å². The molecule has 0 aliphatic heterocycles. The van der Waals surface area contributed by atoms with Gasteiger partial charge in [0.25, 0.3) is 0 Å². The summed E-state index contributed by atoms with van der Waals surface area (Å²) < 4.78 is 19.0. The van der Waals surface area contributed by atoms with Crippen LogP contribution < -0.4 is 5.73 Å². The van der Waals surface area contributed by atoms with Crippen LogP contribution in [0.4, 0.5) is 4.39 Å². The highest BCUT2D eigenvalue weighted by Gasteiger charge is 2.13. The Labute approximate surface area is 119 Å². The molecule has 3 heteroatoms. The second-order valence-corrected chi connectivity index (χ2v) is 4.99. The lowest BCUT2D eigenvalue weighted by Crippen LogP contribution is -2.13. The van der Waals surface area contributed by atoms with Gasteiger partial charge in [-0.3, -0.25) is 0 Å². The third kappa shape index (κ3) is 3.44. The first-order chi connectivity index (χ1) is 9.61. The zero-order chi connectivity index (χ0) is 14.5. The van der Waals surface area contributed by atoms with Crippen LogP contribution in [-0.4, -0.2) is 13.7 Å². The summed E-state index contributed by atoms with van der Waals surface area (Å²) in [6, 6.07) is 12.7. The van der Waals surface area contributed by atoms with Crippen molar-refractivity contribution >= 4 is 0 Å². The largest absolute Gasteiger partial charge is 0.384 e. The molecule has 0 amide bonds. The number of benzene rings is 2. The Morgan fingerprint density at radius 1 is 1.15 bits per heavy atom. The van der Waals surface area contributed by atoms with Crippen LogP contribution in [0, 0.1) is 12.7 Å². The topological polar surface area (TPSA) is 35.2 Å². The molecule has 0 fully saturated rings. The van der Waals surface area contributed by atoms with Crippen molar-refractivity contribution in [2.75, 3.05) is 13.7 Å². The van der Waals surface area contributed by atoms with Gasteiger partial charge in [0.1, 0.15) is 5.82 Å². The highest BCUT2D eigenvalue weighted by Crippen LogP contribution is 2.23. The first-order valence-corrected chi connectivity index (χ1v) is 6.71. The second kappa shape index (κ2) is 6.64. The van der Waals surface area contributed by atoms with E-state index in [1.807, 2.05) is 37.3 Å². The molecule has 0 aliphatic carbocycles. The van der Waals surface area contributed by atoms with Crippen molar-refractivity contribution in [2.24, 2.45) is 5.73 Å². The van der Waals surface area contributed by atoms with E-state index in [-0.39, 0.29) is 5.82 Å². The highest BCUT2D eigenvalue weighted by atomic mass is 19.1. The minimum atomic E-state index is -0.438. The van der Waals surface area contributed by atoms with Crippen LogP contribution in [0.15, 0.2) is 42.5 Å². The van der Waals surface area contributed by atoms with Crippen molar-refractivity contribution < 1.29 is 9.13 Å². The van der Waals surface area contributed by atoms with Gasteiger partial charge in [0.2, 0.25) is 0 Å². The Morgan fingerprint density at radius 2 is 1.85 bits per heavy atom. The van der Waals surface area contributed by atoms with Gasteiger partial charge in [0.05, 0.1) is 12.6 Å². The fourth-order valence-corrected chi connectivity index (χ4v) is 2.18. The van der Waals surface area contributed by atoms with Crippen LogP contribution in [0.5, 0.6) is 0 Å². The number of hydrogen-bond acceptors (Lipinski definition) is 2. The predicted molar refractivity (Wildman–Crippen MR) is 79.2 cm³/mol. The number of hydrogen-bond donors (Lipinski definition) is 1. The molecular weight excluding hydrogens is 253 g/mol. The summed E-state index contributed by atoms with van der Waals surface area (Å²) in [6.07, 6.45) is 0.866. The molecule has 1 unspecified atom stereocenters. The summed E-state index contributed by atoms with van der Waals surface area (Å²) in [5, 5.41) is 0. The van der Waals surface area contributed by atoms with Crippen LogP contribution in [0.25, 0.3) is 0 Å². The van der Waals surface area contributed by atoms with E-state index in [4.69, 9.17) is 10.5 Å². The van der Waals surface area contributed by atoms with E-state index < -0.39 is 6.04 Å². The molecule has 20 heavy (non-hydrogen) atoms. The highest BCUT2D eigenvalue weighted by molar-refractivity contribution is 5.35. The molecule has 0 saturated heterocycles. The molecule has 2 nitrogen and oxygen atoms in total. The molecule has 0 heterocycles. The average molecular weight is 273 g/mol. The van der Waals surface area contributed by atoms with Gasteiger partial charge in [0, 0.05) is 12.7 Å². The Kier molecular flexibility index (Phi) is 4.88. The summed E-state index contributed by atoms with van der Waals surface area (Å²) in [5.74, 6) is -0.249. The molecular formula is C17H20FNO. The maximum Gasteiger partial charge on any atom is 0.128 e. The van der Waals surface area contributed by atoms with Crippen LogP contribution in [-0.2, 0) is 11.2 Å². The quantitative estimate of drug-likeness (QED) is 0.906. The zero-order valence-electron chi connectivity index (χ0n) is 11.9. The van der Waals surface area contributed by atoms with Gasteiger partial charge in [-0.05, 0) is 36.1 Å². The monoisotopic (exact) mass is 273 g/mol. The first kappa shape index (κ1) is 14.7. The number of halogens is 1. The summed E-state index contributed by atoms with van der Waals surface area (Å²) in [4.78, 5) is 0. The van der Waals surface area contributed by atoms with E-state index in [0.29, 0.717) is 12.2 Å². The fourth-order valence-electron chi connectivity index (χ4n) is 2.18. The van der Waals surface area contributed by atoms with Gasteiger partial charge in [-0.2, -0.15) is 0 Å². The van der Waals surface area contributed by atoms with Gasteiger partial charge < -0.3 is 10.5 Å².